The highest BCUT2D eigenvalue weighted by atomic mass is 16.2. The molecule has 2 heteroatoms. The number of rotatable bonds is 6. The molecule has 2 atom stereocenters. The topological polar surface area (TPSA) is 32.3 Å². The predicted octanol–water partition coefficient (Wildman–Crippen LogP) is 1.93. The Hall–Kier alpha value is -0.0800. The Morgan fingerprint density at radius 1 is 1.38 bits per heavy atom. The highest BCUT2D eigenvalue weighted by Crippen LogP contribution is 2.48. The summed E-state index contributed by atoms with van der Waals surface area (Å²) in [6.45, 7) is 7.15. The molecule has 0 aromatic rings. The molecule has 0 spiro atoms. The first-order chi connectivity index (χ1) is 6.08. The van der Waals surface area contributed by atoms with E-state index in [1.807, 2.05) is 0 Å². The van der Waals surface area contributed by atoms with Gasteiger partial charge in [-0.05, 0) is 44.9 Å². The van der Waals surface area contributed by atoms with E-state index in [0.29, 0.717) is 24.1 Å². The molecule has 1 aliphatic carbocycles. The fourth-order valence-electron chi connectivity index (χ4n) is 1.74. The Labute approximate surface area is 81.7 Å². The van der Waals surface area contributed by atoms with Gasteiger partial charge >= 0.3 is 0 Å². The molecule has 78 valence electrons. The van der Waals surface area contributed by atoms with E-state index >= 15 is 0 Å². The highest BCUT2D eigenvalue weighted by Gasteiger charge is 2.42. The van der Waals surface area contributed by atoms with E-state index in [4.69, 9.17) is 5.11 Å². The van der Waals surface area contributed by atoms with Crippen LogP contribution in [0.2, 0.25) is 0 Å². The SMILES string of the molecule is CC(CCCO)NC(C)C1(C)CC1. The van der Waals surface area contributed by atoms with Crippen LogP contribution in [0.3, 0.4) is 0 Å². The van der Waals surface area contributed by atoms with Crippen LogP contribution < -0.4 is 5.32 Å². The van der Waals surface area contributed by atoms with Crippen molar-refractivity contribution < 1.29 is 5.11 Å². The van der Waals surface area contributed by atoms with Gasteiger partial charge in [-0.25, -0.2) is 0 Å². The molecule has 1 fully saturated rings. The zero-order chi connectivity index (χ0) is 9.90. The Kier molecular flexibility index (Phi) is 3.74. The lowest BCUT2D eigenvalue weighted by molar-refractivity contribution is 0.267. The lowest BCUT2D eigenvalue weighted by Gasteiger charge is -2.24. The molecule has 2 N–H and O–H groups in total. The molecule has 13 heavy (non-hydrogen) atoms. The first-order valence-electron chi connectivity index (χ1n) is 5.45. The van der Waals surface area contributed by atoms with Crippen molar-refractivity contribution in [2.24, 2.45) is 5.41 Å². The number of aliphatic hydroxyl groups excluding tert-OH is 1. The fraction of sp³-hybridized carbons (Fsp3) is 1.00. The van der Waals surface area contributed by atoms with Crippen LogP contribution in [-0.2, 0) is 0 Å². The van der Waals surface area contributed by atoms with Crippen LogP contribution in [0.5, 0.6) is 0 Å². The van der Waals surface area contributed by atoms with Crippen molar-refractivity contribution in [3.8, 4) is 0 Å². The van der Waals surface area contributed by atoms with Gasteiger partial charge in [0.05, 0.1) is 0 Å². The maximum Gasteiger partial charge on any atom is 0.0431 e. The van der Waals surface area contributed by atoms with Crippen LogP contribution in [-0.4, -0.2) is 23.8 Å². The van der Waals surface area contributed by atoms with Crippen molar-refractivity contribution in [2.75, 3.05) is 6.61 Å². The molecule has 0 aromatic heterocycles. The van der Waals surface area contributed by atoms with Gasteiger partial charge < -0.3 is 10.4 Å². The van der Waals surface area contributed by atoms with Crippen LogP contribution >= 0.6 is 0 Å². The van der Waals surface area contributed by atoms with E-state index in [1.165, 1.54) is 12.8 Å². The summed E-state index contributed by atoms with van der Waals surface area (Å²) in [6, 6.07) is 1.17. The number of hydrogen-bond donors (Lipinski definition) is 2. The van der Waals surface area contributed by atoms with E-state index in [9.17, 15) is 0 Å². The van der Waals surface area contributed by atoms with Gasteiger partial charge in [0, 0.05) is 18.7 Å². The smallest absolute Gasteiger partial charge is 0.0431 e. The Morgan fingerprint density at radius 3 is 2.46 bits per heavy atom. The average molecular weight is 185 g/mol. The Bertz CT molecular complexity index is 154. The highest BCUT2D eigenvalue weighted by molar-refractivity contribution is 4.97. The average Bonchev–Trinajstić information content (AvgIpc) is 2.81. The van der Waals surface area contributed by atoms with Gasteiger partial charge in [-0.2, -0.15) is 0 Å². The molecule has 0 aromatic carbocycles. The summed E-state index contributed by atoms with van der Waals surface area (Å²) in [4.78, 5) is 0. The maximum atomic E-state index is 8.69. The molecule has 1 aliphatic rings. The molecule has 0 bridgehead atoms. The normalized spacial score (nSPS) is 24.0. The van der Waals surface area contributed by atoms with E-state index in [0.717, 1.165) is 12.8 Å². The molecule has 0 aliphatic heterocycles. The van der Waals surface area contributed by atoms with Crippen molar-refractivity contribution >= 4 is 0 Å². The summed E-state index contributed by atoms with van der Waals surface area (Å²) in [7, 11) is 0. The van der Waals surface area contributed by atoms with E-state index < -0.39 is 0 Å². The van der Waals surface area contributed by atoms with Crippen molar-refractivity contribution in [1.29, 1.82) is 0 Å². The van der Waals surface area contributed by atoms with Crippen LogP contribution in [0, 0.1) is 5.41 Å². The second-order valence-electron chi connectivity index (χ2n) is 4.81. The van der Waals surface area contributed by atoms with E-state index in [1.54, 1.807) is 0 Å². The van der Waals surface area contributed by atoms with Crippen molar-refractivity contribution in [3.63, 3.8) is 0 Å². The minimum atomic E-state index is 0.317. The Balaban J connectivity index is 2.15. The lowest BCUT2D eigenvalue weighted by Crippen LogP contribution is -2.39. The monoisotopic (exact) mass is 185 g/mol. The molecule has 0 heterocycles. The zero-order valence-electron chi connectivity index (χ0n) is 9.14. The summed E-state index contributed by atoms with van der Waals surface area (Å²) in [5, 5.41) is 12.3. The molecule has 2 unspecified atom stereocenters. The number of nitrogens with one attached hydrogen (secondary N) is 1. The van der Waals surface area contributed by atoms with E-state index in [-0.39, 0.29) is 0 Å². The second-order valence-corrected chi connectivity index (χ2v) is 4.81. The molecule has 0 radical (unpaired) electrons. The molecular formula is C11H23NO. The lowest BCUT2D eigenvalue weighted by atomic mass is 9.99. The summed E-state index contributed by atoms with van der Waals surface area (Å²) >= 11 is 0. The number of hydrogen-bond acceptors (Lipinski definition) is 2. The van der Waals surface area contributed by atoms with Gasteiger partial charge in [-0.1, -0.05) is 6.92 Å². The molecule has 2 nitrogen and oxygen atoms in total. The van der Waals surface area contributed by atoms with Crippen LogP contribution in [0.15, 0.2) is 0 Å². The van der Waals surface area contributed by atoms with Crippen LogP contribution in [0.25, 0.3) is 0 Å². The summed E-state index contributed by atoms with van der Waals surface area (Å²) in [6.07, 6.45) is 4.73. The standard InChI is InChI=1S/C11H23NO/c1-9(5-4-8-13)12-10(2)11(3)6-7-11/h9-10,12-13H,4-8H2,1-3H3. The van der Waals surface area contributed by atoms with Gasteiger partial charge in [0.25, 0.3) is 0 Å². The molecule has 0 saturated heterocycles. The third-order valence-corrected chi connectivity index (χ3v) is 3.41. The quantitative estimate of drug-likeness (QED) is 0.662. The van der Waals surface area contributed by atoms with Crippen LogP contribution in [0.1, 0.15) is 46.5 Å². The summed E-state index contributed by atoms with van der Waals surface area (Å²) < 4.78 is 0. The van der Waals surface area contributed by atoms with Crippen LogP contribution in [0.4, 0.5) is 0 Å². The van der Waals surface area contributed by atoms with Gasteiger partial charge in [-0.3, -0.25) is 0 Å². The predicted molar refractivity (Wildman–Crippen MR) is 55.7 cm³/mol. The first-order valence-corrected chi connectivity index (χ1v) is 5.45. The third kappa shape index (κ3) is 3.28. The largest absolute Gasteiger partial charge is 0.396 e. The zero-order valence-corrected chi connectivity index (χ0v) is 9.14. The molecule has 1 rings (SSSR count). The minimum Gasteiger partial charge on any atom is -0.396 e. The van der Waals surface area contributed by atoms with Crippen molar-refractivity contribution in [2.45, 2.75) is 58.5 Å². The number of aliphatic hydroxyl groups is 1. The molecule has 0 amide bonds. The Morgan fingerprint density at radius 2 is 2.00 bits per heavy atom. The third-order valence-electron chi connectivity index (χ3n) is 3.41. The van der Waals surface area contributed by atoms with Gasteiger partial charge in [0.2, 0.25) is 0 Å². The second kappa shape index (κ2) is 4.43. The van der Waals surface area contributed by atoms with E-state index in [2.05, 4.69) is 26.1 Å². The first kappa shape index (κ1) is 11.0. The maximum absolute atomic E-state index is 8.69. The summed E-state index contributed by atoms with van der Waals surface area (Å²) in [5.41, 5.74) is 0.563. The van der Waals surface area contributed by atoms with Crippen molar-refractivity contribution in [3.05, 3.63) is 0 Å². The van der Waals surface area contributed by atoms with Crippen molar-refractivity contribution in [1.82, 2.24) is 5.32 Å². The summed E-state index contributed by atoms with van der Waals surface area (Å²) in [5.74, 6) is 0. The fourth-order valence-corrected chi connectivity index (χ4v) is 1.74. The minimum absolute atomic E-state index is 0.317. The molecular weight excluding hydrogens is 162 g/mol. The van der Waals surface area contributed by atoms with Gasteiger partial charge in [0.15, 0.2) is 0 Å². The molecule has 1 saturated carbocycles. The van der Waals surface area contributed by atoms with Gasteiger partial charge in [0.1, 0.15) is 0 Å². The van der Waals surface area contributed by atoms with Gasteiger partial charge in [-0.15, -0.1) is 0 Å².